The van der Waals surface area contributed by atoms with Gasteiger partial charge in [-0.15, -0.1) is 0 Å². The Morgan fingerprint density at radius 2 is 1.88 bits per heavy atom. The van der Waals surface area contributed by atoms with Crippen molar-refractivity contribution >= 4 is 34.8 Å². The molecule has 0 aliphatic rings. The quantitative estimate of drug-likeness (QED) is 0.754. The number of carbonyl (C=O) groups is 3. The minimum Gasteiger partial charge on any atom is -0.456 e. The van der Waals surface area contributed by atoms with Crippen LogP contribution in [0.1, 0.15) is 22.3 Å². The summed E-state index contributed by atoms with van der Waals surface area (Å²) < 4.78 is 4.87. The van der Waals surface area contributed by atoms with Gasteiger partial charge in [-0.05, 0) is 30.5 Å². The van der Waals surface area contributed by atoms with E-state index in [2.05, 4.69) is 10.6 Å². The summed E-state index contributed by atoms with van der Waals surface area (Å²) in [7, 11) is 0. The van der Waals surface area contributed by atoms with E-state index in [9.17, 15) is 14.4 Å². The molecule has 0 saturated carbocycles. The molecule has 24 heavy (non-hydrogen) atoms. The number of carbonyl (C=O) groups excluding carboxylic acids is 3. The maximum absolute atomic E-state index is 11.7. The van der Waals surface area contributed by atoms with Crippen LogP contribution in [0.15, 0.2) is 41.1 Å². The van der Waals surface area contributed by atoms with Crippen molar-refractivity contribution in [3.05, 3.63) is 52.2 Å². The van der Waals surface area contributed by atoms with E-state index in [0.717, 1.165) is 5.56 Å². The van der Waals surface area contributed by atoms with Crippen molar-refractivity contribution in [2.75, 3.05) is 18.5 Å². The van der Waals surface area contributed by atoms with E-state index < -0.39 is 11.9 Å². The lowest BCUT2D eigenvalue weighted by Crippen LogP contribution is -2.27. The van der Waals surface area contributed by atoms with Crippen molar-refractivity contribution in [1.29, 1.82) is 0 Å². The molecule has 0 atom stereocenters. The van der Waals surface area contributed by atoms with Crippen molar-refractivity contribution in [1.82, 2.24) is 5.32 Å². The van der Waals surface area contributed by atoms with E-state index in [0.29, 0.717) is 11.3 Å². The first kappa shape index (κ1) is 17.7. The number of hydrogen-bond acceptors (Lipinski definition) is 5. The zero-order valence-electron chi connectivity index (χ0n) is 13.2. The predicted octanol–water partition coefficient (Wildman–Crippen LogP) is 2.36. The standard InChI is InChI=1S/C17H18N2O4S/c1-12-2-4-14(5-3-12)19-15(20)10-23-16(21)6-8-18-17(22)13-7-9-24-11-13/h2-5,7,9,11H,6,8,10H2,1H3,(H,18,22)(H,19,20). The first-order chi connectivity index (χ1) is 11.5. The van der Waals surface area contributed by atoms with E-state index >= 15 is 0 Å². The Hall–Kier alpha value is -2.67. The predicted molar refractivity (Wildman–Crippen MR) is 92.0 cm³/mol. The van der Waals surface area contributed by atoms with Gasteiger partial charge in [-0.3, -0.25) is 14.4 Å². The van der Waals surface area contributed by atoms with Gasteiger partial charge in [-0.25, -0.2) is 0 Å². The molecule has 0 fully saturated rings. The van der Waals surface area contributed by atoms with Crippen molar-refractivity contribution in [2.45, 2.75) is 13.3 Å². The minimum atomic E-state index is -0.542. The first-order valence-electron chi connectivity index (χ1n) is 7.37. The lowest BCUT2D eigenvalue weighted by atomic mass is 10.2. The lowest BCUT2D eigenvalue weighted by Gasteiger charge is -2.07. The molecule has 0 spiro atoms. The number of ether oxygens (including phenoxy) is 1. The number of benzene rings is 1. The van der Waals surface area contributed by atoms with E-state index in [1.807, 2.05) is 19.1 Å². The second-order valence-corrected chi connectivity index (χ2v) is 5.87. The SMILES string of the molecule is Cc1ccc(NC(=O)COC(=O)CCNC(=O)c2ccsc2)cc1. The number of amides is 2. The van der Waals surface area contributed by atoms with Gasteiger partial charge in [-0.2, -0.15) is 11.3 Å². The highest BCUT2D eigenvalue weighted by molar-refractivity contribution is 7.08. The van der Waals surface area contributed by atoms with Crippen LogP contribution in [0, 0.1) is 6.92 Å². The topological polar surface area (TPSA) is 84.5 Å². The summed E-state index contributed by atoms with van der Waals surface area (Å²) in [4.78, 5) is 34.9. The van der Waals surface area contributed by atoms with E-state index in [4.69, 9.17) is 4.74 Å². The van der Waals surface area contributed by atoms with Crippen LogP contribution in [0.3, 0.4) is 0 Å². The molecule has 0 bridgehead atoms. The fourth-order valence-electron chi connectivity index (χ4n) is 1.83. The van der Waals surface area contributed by atoms with Crippen molar-refractivity contribution in [2.24, 2.45) is 0 Å². The number of anilines is 1. The van der Waals surface area contributed by atoms with Gasteiger partial charge in [0, 0.05) is 23.2 Å². The molecule has 0 unspecified atom stereocenters. The Bertz CT molecular complexity index is 696. The number of nitrogens with one attached hydrogen (secondary N) is 2. The van der Waals surface area contributed by atoms with Crippen LogP contribution in [-0.4, -0.2) is 30.9 Å². The number of esters is 1. The van der Waals surface area contributed by atoms with Gasteiger partial charge in [0.05, 0.1) is 6.42 Å². The highest BCUT2D eigenvalue weighted by atomic mass is 32.1. The van der Waals surface area contributed by atoms with Crippen LogP contribution in [0.25, 0.3) is 0 Å². The third-order valence-corrected chi connectivity index (χ3v) is 3.78. The van der Waals surface area contributed by atoms with Gasteiger partial charge in [0.15, 0.2) is 6.61 Å². The highest BCUT2D eigenvalue weighted by Crippen LogP contribution is 2.08. The zero-order valence-corrected chi connectivity index (χ0v) is 14.0. The third kappa shape index (κ3) is 5.85. The normalized spacial score (nSPS) is 10.0. The molecule has 0 radical (unpaired) electrons. The summed E-state index contributed by atoms with van der Waals surface area (Å²) in [5, 5.41) is 8.77. The summed E-state index contributed by atoms with van der Waals surface area (Å²) in [6.45, 7) is 1.75. The zero-order chi connectivity index (χ0) is 17.4. The average Bonchev–Trinajstić information content (AvgIpc) is 3.10. The number of hydrogen-bond donors (Lipinski definition) is 2. The van der Waals surface area contributed by atoms with Crippen LogP contribution in [0.4, 0.5) is 5.69 Å². The Morgan fingerprint density at radius 3 is 2.54 bits per heavy atom. The Kier molecular flexibility index (Phi) is 6.51. The van der Waals surface area contributed by atoms with Gasteiger partial charge in [0.25, 0.3) is 11.8 Å². The molecule has 1 heterocycles. The Labute approximate surface area is 143 Å². The summed E-state index contributed by atoms with van der Waals surface area (Å²) in [6.07, 6.45) is 0.00763. The maximum Gasteiger partial charge on any atom is 0.308 e. The van der Waals surface area contributed by atoms with Gasteiger partial charge in [-0.1, -0.05) is 17.7 Å². The second kappa shape index (κ2) is 8.83. The van der Waals surface area contributed by atoms with Gasteiger partial charge in [0.2, 0.25) is 0 Å². The molecule has 126 valence electrons. The molecule has 2 amide bonds. The van der Waals surface area contributed by atoms with Crippen LogP contribution in [-0.2, 0) is 14.3 Å². The fraction of sp³-hybridized carbons (Fsp3) is 0.235. The molecule has 2 N–H and O–H groups in total. The smallest absolute Gasteiger partial charge is 0.308 e. The summed E-state index contributed by atoms with van der Waals surface area (Å²) >= 11 is 1.42. The average molecular weight is 346 g/mol. The van der Waals surface area contributed by atoms with Crippen LogP contribution >= 0.6 is 11.3 Å². The summed E-state index contributed by atoms with van der Waals surface area (Å²) in [5.41, 5.74) is 2.29. The Balaban J connectivity index is 1.63. The van der Waals surface area contributed by atoms with E-state index in [1.54, 1.807) is 29.0 Å². The maximum atomic E-state index is 11.7. The van der Waals surface area contributed by atoms with Crippen molar-refractivity contribution < 1.29 is 19.1 Å². The first-order valence-corrected chi connectivity index (χ1v) is 8.31. The van der Waals surface area contributed by atoms with Gasteiger partial charge >= 0.3 is 5.97 Å². The van der Waals surface area contributed by atoms with Crippen LogP contribution in [0.2, 0.25) is 0 Å². The minimum absolute atomic E-state index is 0.00763. The van der Waals surface area contributed by atoms with Crippen molar-refractivity contribution in [3.8, 4) is 0 Å². The molecular weight excluding hydrogens is 328 g/mol. The molecule has 0 saturated heterocycles. The third-order valence-electron chi connectivity index (χ3n) is 3.10. The van der Waals surface area contributed by atoms with E-state index in [1.165, 1.54) is 11.3 Å². The molecule has 2 rings (SSSR count). The van der Waals surface area contributed by atoms with Gasteiger partial charge < -0.3 is 15.4 Å². The summed E-state index contributed by atoms with van der Waals surface area (Å²) in [6, 6.07) is 8.99. The number of thiophene rings is 1. The molecule has 2 aromatic rings. The van der Waals surface area contributed by atoms with Crippen molar-refractivity contribution in [3.63, 3.8) is 0 Å². The Morgan fingerprint density at radius 1 is 1.12 bits per heavy atom. The molecule has 0 aliphatic heterocycles. The number of aryl methyl sites for hydroxylation is 1. The van der Waals surface area contributed by atoms with Crippen LogP contribution in [0.5, 0.6) is 0 Å². The summed E-state index contributed by atoms with van der Waals surface area (Å²) in [5.74, 6) is -1.18. The van der Waals surface area contributed by atoms with Crippen LogP contribution < -0.4 is 10.6 Å². The monoisotopic (exact) mass is 346 g/mol. The van der Waals surface area contributed by atoms with E-state index in [-0.39, 0.29) is 25.5 Å². The lowest BCUT2D eigenvalue weighted by molar-refractivity contribution is -0.147. The number of rotatable bonds is 7. The fourth-order valence-corrected chi connectivity index (χ4v) is 2.46. The molecule has 7 heteroatoms. The van der Waals surface area contributed by atoms with Gasteiger partial charge in [0.1, 0.15) is 0 Å². The molecule has 0 aliphatic carbocycles. The second-order valence-electron chi connectivity index (χ2n) is 5.09. The molecule has 6 nitrogen and oxygen atoms in total. The highest BCUT2D eigenvalue weighted by Gasteiger charge is 2.10. The molecule has 1 aromatic heterocycles. The molecule has 1 aromatic carbocycles. The molecular formula is C17H18N2O4S. The largest absolute Gasteiger partial charge is 0.456 e.